The average molecular weight is 426 g/mol. The number of aryl methyl sites for hydroxylation is 1. The molecule has 0 fully saturated rings. The lowest BCUT2D eigenvalue weighted by molar-refractivity contribution is 0.870. The molecule has 146 valence electrons. The number of hydrogen-bond donors (Lipinski definition) is 2. The second-order valence-corrected chi connectivity index (χ2v) is 7.51. The van der Waals surface area contributed by atoms with Crippen LogP contribution in [0.2, 0.25) is 10.0 Å². The van der Waals surface area contributed by atoms with Gasteiger partial charge in [0.25, 0.3) is 5.56 Å². The smallest absolute Gasteiger partial charge is 0.259 e. The summed E-state index contributed by atoms with van der Waals surface area (Å²) in [4.78, 5) is 22.0. The number of fused-ring (bicyclic) bond motifs is 1. The zero-order valence-corrected chi connectivity index (χ0v) is 17.0. The zero-order valence-electron chi connectivity index (χ0n) is 15.5. The maximum absolute atomic E-state index is 13.0. The molecule has 4 rings (SSSR count). The van der Waals surface area contributed by atoms with E-state index in [1.165, 1.54) is 4.57 Å². The molecule has 6 nitrogen and oxygen atoms in total. The van der Waals surface area contributed by atoms with Gasteiger partial charge in [-0.1, -0.05) is 41.4 Å². The van der Waals surface area contributed by atoms with Crippen LogP contribution in [0.3, 0.4) is 0 Å². The normalized spacial score (nSPS) is 11.1. The number of halogens is 2. The molecule has 0 aliphatic carbocycles. The average Bonchev–Trinajstić information content (AvgIpc) is 2.68. The number of aromatic nitrogens is 3. The summed E-state index contributed by atoms with van der Waals surface area (Å²) >= 11 is 12.6. The van der Waals surface area contributed by atoms with E-state index in [0.717, 1.165) is 5.56 Å². The highest BCUT2D eigenvalue weighted by molar-refractivity contribution is 6.39. The summed E-state index contributed by atoms with van der Waals surface area (Å²) in [5.74, 6) is 0.791. The number of nitrogen functional groups attached to an aromatic ring is 2. The van der Waals surface area contributed by atoms with Crippen LogP contribution in [0.5, 0.6) is 0 Å². The molecule has 4 aromatic rings. The third-order valence-electron chi connectivity index (χ3n) is 4.72. The van der Waals surface area contributed by atoms with Crippen molar-refractivity contribution in [1.82, 2.24) is 14.5 Å². The largest absolute Gasteiger partial charge is 0.399 e. The Morgan fingerprint density at radius 3 is 2.31 bits per heavy atom. The summed E-state index contributed by atoms with van der Waals surface area (Å²) in [6.07, 6.45) is 0.465. The molecule has 8 heteroatoms. The molecule has 0 unspecified atom stereocenters. The highest BCUT2D eigenvalue weighted by atomic mass is 35.5. The Kier molecular flexibility index (Phi) is 4.90. The lowest BCUT2D eigenvalue weighted by Gasteiger charge is -2.13. The van der Waals surface area contributed by atoms with E-state index in [0.29, 0.717) is 50.1 Å². The molecule has 0 radical (unpaired) electrons. The van der Waals surface area contributed by atoms with Crippen molar-refractivity contribution in [3.05, 3.63) is 80.3 Å². The predicted molar refractivity (Wildman–Crippen MR) is 118 cm³/mol. The third-order valence-corrected chi connectivity index (χ3v) is 5.35. The SMILES string of the molecule is Cn1c(=O)c(-c2c(Cl)cccc2Cl)cc2c(N)nc(Cc3ccc(N)cc3)nc21. The Bertz CT molecular complexity index is 1280. The highest BCUT2D eigenvalue weighted by Crippen LogP contribution is 2.34. The van der Waals surface area contributed by atoms with Gasteiger partial charge in [-0.3, -0.25) is 9.36 Å². The van der Waals surface area contributed by atoms with Crippen LogP contribution >= 0.6 is 23.2 Å². The van der Waals surface area contributed by atoms with Crippen molar-refractivity contribution in [3.63, 3.8) is 0 Å². The Labute approximate surface area is 176 Å². The summed E-state index contributed by atoms with van der Waals surface area (Å²) in [5.41, 5.74) is 14.6. The minimum absolute atomic E-state index is 0.274. The number of pyridine rings is 1. The summed E-state index contributed by atoms with van der Waals surface area (Å²) in [6.45, 7) is 0. The maximum atomic E-state index is 13.0. The van der Waals surface area contributed by atoms with Gasteiger partial charge < -0.3 is 11.5 Å². The van der Waals surface area contributed by atoms with Crippen molar-refractivity contribution in [3.8, 4) is 11.1 Å². The van der Waals surface area contributed by atoms with Crippen LogP contribution in [-0.2, 0) is 13.5 Å². The van der Waals surface area contributed by atoms with Gasteiger partial charge in [0.15, 0.2) is 0 Å². The molecular weight excluding hydrogens is 409 g/mol. The van der Waals surface area contributed by atoms with E-state index >= 15 is 0 Å². The Morgan fingerprint density at radius 1 is 1.00 bits per heavy atom. The van der Waals surface area contributed by atoms with Crippen LogP contribution in [0.1, 0.15) is 11.4 Å². The fourth-order valence-corrected chi connectivity index (χ4v) is 3.83. The molecule has 4 N–H and O–H groups in total. The highest BCUT2D eigenvalue weighted by Gasteiger charge is 2.18. The van der Waals surface area contributed by atoms with Gasteiger partial charge in [-0.05, 0) is 35.9 Å². The van der Waals surface area contributed by atoms with Crippen molar-refractivity contribution in [2.24, 2.45) is 7.05 Å². The zero-order chi connectivity index (χ0) is 20.7. The molecule has 2 aromatic carbocycles. The first-order valence-electron chi connectivity index (χ1n) is 8.80. The van der Waals surface area contributed by atoms with Crippen molar-refractivity contribution < 1.29 is 0 Å². The van der Waals surface area contributed by atoms with Crippen LogP contribution in [0.15, 0.2) is 53.3 Å². The Morgan fingerprint density at radius 2 is 1.66 bits per heavy atom. The van der Waals surface area contributed by atoms with Gasteiger partial charge in [0.05, 0.1) is 21.0 Å². The van der Waals surface area contributed by atoms with E-state index in [2.05, 4.69) is 9.97 Å². The predicted octanol–water partition coefficient (Wildman–Crippen LogP) is 4.06. The van der Waals surface area contributed by atoms with Gasteiger partial charge in [0.1, 0.15) is 17.3 Å². The molecular formula is C21H17Cl2N5O. The van der Waals surface area contributed by atoms with Crippen molar-refractivity contribution in [2.45, 2.75) is 6.42 Å². The third kappa shape index (κ3) is 3.52. The summed E-state index contributed by atoms with van der Waals surface area (Å²) in [6, 6.07) is 14.2. The molecule has 0 aliphatic rings. The minimum atomic E-state index is -0.274. The molecule has 0 atom stereocenters. The van der Waals surface area contributed by atoms with Gasteiger partial charge in [-0.2, -0.15) is 0 Å². The van der Waals surface area contributed by atoms with Crippen LogP contribution in [0.25, 0.3) is 22.2 Å². The van der Waals surface area contributed by atoms with Gasteiger partial charge >= 0.3 is 0 Å². The fourth-order valence-electron chi connectivity index (χ4n) is 3.23. The second-order valence-electron chi connectivity index (χ2n) is 6.70. The quantitative estimate of drug-likeness (QED) is 0.482. The monoisotopic (exact) mass is 425 g/mol. The minimum Gasteiger partial charge on any atom is -0.399 e. The van der Waals surface area contributed by atoms with Crippen LogP contribution in [0.4, 0.5) is 11.5 Å². The summed E-state index contributed by atoms with van der Waals surface area (Å²) in [5, 5.41) is 1.32. The van der Waals surface area contributed by atoms with E-state index in [4.69, 9.17) is 34.7 Å². The van der Waals surface area contributed by atoms with E-state index in [1.807, 2.05) is 24.3 Å². The first kappa shape index (κ1) is 19.2. The lowest BCUT2D eigenvalue weighted by atomic mass is 10.1. The van der Waals surface area contributed by atoms with E-state index in [1.54, 1.807) is 31.3 Å². The van der Waals surface area contributed by atoms with Gasteiger partial charge in [-0.25, -0.2) is 9.97 Å². The molecule has 2 heterocycles. The van der Waals surface area contributed by atoms with Gasteiger partial charge in [0, 0.05) is 24.7 Å². The second kappa shape index (κ2) is 7.39. The molecule has 0 saturated heterocycles. The molecule has 29 heavy (non-hydrogen) atoms. The molecule has 0 amide bonds. The van der Waals surface area contributed by atoms with E-state index < -0.39 is 0 Å². The van der Waals surface area contributed by atoms with Crippen molar-refractivity contribution in [1.29, 1.82) is 0 Å². The lowest BCUT2D eigenvalue weighted by Crippen LogP contribution is -2.21. The Hall–Kier alpha value is -3.09. The molecule has 2 aromatic heterocycles. The van der Waals surface area contributed by atoms with Crippen molar-refractivity contribution >= 4 is 45.7 Å². The first-order chi connectivity index (χ1) is 13.8. The number of hydrogen-bond acceptors (Lipinski definition) is 5. The maximum Gasteiger partial charge on any atom is 0.259 e. The molecule has 0 spiro atoms. The van der Waals surface area contributed by atoms with Crippen molar-refractivity contribution in [2.75, 3.05) is 11.5 Å². The Balaban J connectivity index is 1.88. The fraction of sp³-hybridized carbons (Fsp3) is 0.0952. The first-order valence-corrected chi connectivity index (χ1v) is 9.55. The van der Waals surface area contributed by atoms with Crippen LogP contribution in [-0.4, -0.2) is 14.5 Å². The summed E-state index contributed by atoms with van der Waals surface area (Å²) < 4.78 is 1.44. The summed E-state index contributed by atoms with van der Waals surface area (Å²) in [7, 11) is 1.64. The van der Waals surface area contributed by atoms with E-state index in [9.17, 15) is 4.79 Å². The molecule has 0 bridgehead atoms. The van der Waals surface area contributed by atoms with Crippen LogP contribution in [0, 0.1) is 0 Å². The topological polar surface area (TPSA) is 99.8 Å². The molecule has 0 saturated carbocycles. The number of rotatable bonds is 3. The number of nitrogens with zero attached hydrogens (tertiary/aromatic N) is 3. The van der Waals surface area contributed by atoms with E-state index in [-0.39, 0.29) is 11.4 Å². The van der Waals surface area contributed by atoms with Gasteiger partial charge in [0.2, 0.25) is 0 Å². The standard InChI is InChI=1S/C21H17Cl2N5O/c1-28-20-14(10-13(21(28)29)18-15(22)3-2-4-16(18)23)19(25)26-17(27-20)9-11-5-7-12(24)8-6-11/h2-8,10H,9,24H2,1H3,(H2,25,26,27). The number of nitrogens with two attached hydrogens (primary N) is 2. The van der Waals surface area contributed by atoms with Crippen LogP contribution < -0.4 is 17.0 Å². The number of benzene rings is 2. The van der Waals surface area contributed by atoms with Gasteiger partial charge in [-0.15, -0.1) is 0 Å². The number of anilines is 2. The molecule has 0 aliphatic heterocycles.